The van der Waals surface area contributed by atoms with Crippen LogP contribution in [-0.2, 0) is 9.53 Å². The molecular weight excluding hydrogens is 426 g/mol. The van der Waals surface area contributed by atoms with E-state index in [1.807, 2.05) is 48.4 Å². The highest BCUT2D eigenvalue weighted by atomic mass is 16.5. The van der Waals surface area contributed by atoms with Crippen LogP contribution in [0.15, 0.2) is 61.1 Å². The Bertz CT molecular complexity index is 1090. The molecule has 7 heteroatoms. The standard InChI is InChI=1S/C27H31N5O2/c1-20(31-14-16-34-17-15-31)27(33)32-12-9-22(10-13-32)25-24(21-6-3-2-4-7-21)19-29-26(30-25)23-8-5-11-28-18-23/h2-8,11,18-20,22H,9-10,12-17H2,1H3/t20-/m1/s1. The van der Waals surface area contributed by atoms with Crippen molar-refractivity contribution in [2.24, 2.45) is 0 Å². The number of likely N-dealkylation sites (tertiary alicyclic amines) is 1. The van der Waals surface area contributed by atoms with Crippen LogP contribution in [0.4, 0.5) is 0 Å². The molecule has 176 valence electrons. The molecule has 1 amide bonds. The third kappa shape index (κ3) is 4.86. The first kappa shape index (κ1) is 22.6. The van der Waals surface area contributed by atoms with Gasteiger partial charge in [0.2, 0.25) is 5.91 Å². The molecule has 7 nitrogen and oxygen atoms in total. The van der Waals surface area contributed by atoms with Gasteiger partial charge in [-0.1, -0.05) is 30.3 Å². The molecule has 2 aromatic heterocycles. The molecule has 1 aromatic carbocycles. The summed E-state index contributed by atoms with van der Waals surface area (Å²) in [4.78, 5) is 31.4. The van der Waals surface area contributed by atoms with E-state index in [1.165, 1.54) is 0 Å². The molecule has 2 saturated heterocycles. The van der Waals surface area contributed by atoms with E-state index in [0.717, 1.165) is 61.4 Å². The maximum absolute atomic E-state index is 13.2. The van der Waals surface area contributed by atoms with Crippen molar-refractivity contribution >= 4 is 5.91 Å². The lowest BCUT2D eigenvalue weighted by molar-refractivity contribution is -0.139. The summed E-state index contributed by atoms with van der Waals surface area (Å²) >= 11 is 0. The third-order valence-corrected chi connectivity index (χ3v) is 6.97. The second-order valence-corrected chi connectivity index (χ2v) is 9.02. The van der Waals surface area contributed by atoms with Crippen molar-refractivity contribution in [1.29, 1.82) is 0 Å². The Kier molecular flexibility index (Phi) is 6.92. The van der Waals surface area contributed by atoms with Crippen LogP contribution in [0.3, 0.4) is 0 Å². The van der Waals surface area contributed by atoms with Crippen LogP contribution in [-0.4, -0.2) is 76.1 Å². The van der Waals surface area contributed by atoms with E-state index in [9.17, 15) is 4.79 Å². The lowest BCUT2D eigenvalue weighted by Crippen LogP contribution is -2.52. The number of aromatic nitrogens is 3. The zero-order valence-corrected chi connectivity index (χ0v) is 19.6. The Morgan fingerprint density at radius 3 is 2.41 bits per heavy atom. The molecule has 0 bridgehead atoms. The summed E-state index contributed by atoms with van der Waals surface area (Å²) in [7, 11) is 0. The largest absolute Gasteiger partial charge is 0.379 e. The van der Waals surface area contributed by atoms with Crippen molar-refractivity contribution in [3.8, 4) is 22.5 Å². The molecule has 0 aliphatic carbocycles. The maximum Gasteiger partial charge on any atom is 0.239 e. The van der Waals surface area contributed by atoms with Crippen LogP contribution < -0.4 is 0 Å². The van der Waals surface area contributed by atoms with Crippen molar-refractivity contribution in [3.63, 3.8) is 0 Å². The van der Waals surface area contributed by atoms with Gasteiger partial charge in [-0.2, -0.15) is 0 Å². The molecular formula is C27H31N5O2. The van der Waals surface area contributed by atoms with Gasteiger partial charge in [-0.25, -0.2) is 9.97 Å². The topological polar surface area (TPSA) is 71.5 Å². The monoisotopic (exact) mass is 457 g/mol. The van der Waals surface area contributed by atoms with Crippen molar-refractivity contribution in [3.05, 3.63) is 66.7 Å². The normalized spacial score (nSPS) is 18.6. The predicted octanol–water partition coefficient (Wildman–Crippen LogP) is 3.63. The Balaban J connectivity index is 1.36. The van der Waals surface area contributed by atoms with Crippen molar-refractivity contribution in [2.45, 2.75) is 31.7 Å². The lowest BCUT2D eigenvalue weighted by atomic mass is 9.88. The van der Waals surface area contributed by atoms with Gasteiger partial charge < -0.3 is 9.64 Å². The SMILES string of the molecule is C[C@H](C(=O)N1CCC(c2nc(-c3cccnc3)ncc2-c2ccccc2)CC1)N1CCOCC1. The highest BCUT2D eigenvalue weighted by Gasteiger charge is 2.31. The highest BCUT2D eigenvalue weighted by molar-refractivity contribution is 5.81. The first-order valence-electron chi connectivity index (χ1n) is 12.1. The van der Waals surface area contributed by atoms with E-state index in [1.54, 1.807) is 12.4 Å². The van der Waals surface area contributed by atoms with Gasteiger partial charge in [-0.05, 0) is 37.5 Å². The predicted molar refractivity (Wildman–Crippen MR) is 131 cm³/mol. The minimum Gasteiger partial charge on any atom is -0.379 e. The number of carbonyl (C=O) groups is 1. The molecule has 1 atom stereocenters. The average Bonchev–Trinajstić information content (AvgIpc) is 2.93. The summed E-state index contributed by atoms with van der Waals surface area (Å²) in [5, 5.41) is 0. The molecule has 5 rings (SSSR count). The molecule has 0 unspecified atom stereocenters. The van der Waals surface area contributed by atoms with Crippen molar-refractivity contribution in [2.75, 3.05) is 39.4 Å². The van der Waals surface area contributed by atoms with Gasteiger partial charge in [0.15, 0.2) is 5.82 Å². The summed E-state index contributed by atoms with van der Waals surface area (Å²) in [5.41, 5.74) is 4.16. The molecule has 0 saturated carbocycles. The average molecular weight is 458 g/mol. The molecule has 0 spiro atoms. The first-order chi connectivity index (χ1) is 16.7. The quantitative estimate of drug-likeness (QED) is 0.583. The Morgan fingerprint density at radius 1 is 0.971 bits per heavy atom. The van der Waals surface area contributed by atoms with Gasteiger partial charge in [0, 0.05) is 61.8 Å². The molecule has 34 heavy (non-hydrogen) atoms. The molecule has 2 aliphatic heterocycles. The number of carbonyl (C=O) groups excluding carboxylic acids is 1. The van der Waals surface area contributed by atoms with E-state index < -0.39 is 0 Å². The number of hydrogen-bond donors (Lipinski definition) is 0. The van der Waals surface area contributed by atoms with Gasteiger partial charge in [-0.15, -0.1) is 0 Å². The minimum absolute atomic E-state index is 0.100. The molecule has 0 radical (unpaired) electrons. The van der Waals surface area contributed by atoms with E-state index >= 15 is 0 Å². The van der Waals surface area contributed by atoms with Crippen LogP contribution in [0.25, 0.3) is 22.5 Å². The number of amides is 1. The molecule has 4 heterocycles. The van der Waals surface area contributed by atoms with Gasteiger partial charge in [0.05, 0.1) is 24.9 Å². The number of benzene rings is 1. The van der Waals surface area contributed by atoms with Crippen LogP contribution in [0.1, 0.15) is 31.4 Å². The summed E-state index contributed by atoms with van der Waals surface area (Å²) in [6.07, 6.45) is 7.29. The number of pyridine rings is 1. The Labute approximate surface area is 200 Å². The minimum atomic E-state index is -0.100. The third-order valence-electron chi connectivity index (χ3n) is 6.97. The Morgan fingerprint density at radius 2 is 1.71 bits per heavy atom. The zero-order valence-electron chi connectivity index (χ0n) is 19.6. The van der Waals surface area contributed by atoms with Crippen molar-refractivity contribution < 1.29 is 9.53 Å². The van der Waals surface area contributed by atoms with Crippen LogP contribution in [0.5, 0.6) is 0 Å². The highest BCUT2D eigenvalue weighted by Crippen LogP contribution is 2.35. The van der Waals surface area contributed by atoms with E-state index in [0.29, 0.717) is 19.0 Å². The number of morpholine rings is 1. The second kappa shape index (κ2) is 10.4. The summed E-state index contributed by atoms with van der Waals surface area (Å²) in [5.74, 6) is 1.20. The van der Waals surface area contributed by atoms with Gasteiger partial charge in [0.1, 0.15) is 0 Å². The van der Waals surface area contributed by atoms with Crippen LogP contribution >= 0.6 is 0 Å². The van der Waals surface area contributed by atoms with Crippen LogP contribution in [0.2, 0.25) is 0 Å². The number of hydrogen-bond acceptors (Lipinski definition) is 6. The second-order valence-electron chi connectivity index (χ2n) is 9.02. The van der Waals surface area contributed by atoms with E-state index in [2.05, 4.69) is 27.0 Å². The van der Waals surface area contributed by atoms with Crippen molar-refractivity contribution in [1.82, 2.24) is 24.8 Å². The number of nitrogens with zero attached hydrogens (tertiary/aromatic N) is 5. The fourth-order valence-electron chi connectivity index (χ4n) is 4.94. The molecule has 2 aliphatic rings. The fraction of sp³-hybridized carbons (Fsp3) is 0.407. The smallest absolute Gasteiger partial charge is 0.239 e. The van der Waals surface area contributed by atoms with E-state index in [4.69, 9.17) is 9.72 Å². The molecule has 3 aromatic rings. The lowest BCUT2D eigenvalue weighted by Gasteiger charge is -2.38. The fourth-order valence-corrected chi connectivity index (χ4v) is 4.94. The number of piperidine rings is 1. The molecule has 0 N–H and O–H groups in total. The Hall–Kier alpha value is -3.16. The van der Waals surface area contributed by atoms with E-state index in [-0.39, 0.29) is 17.9 Å². The van der Waals surface area contributed by atoms with Gasteiger partial charge in [0.25, 0.3) is 0 Å². The zero-order chi connectivity index (χ0) is 23.3. The first-order valence-corrected chi connectivity index (χ1v) is 12.1. The van der Waals surface area contributed by atoms with Gasteiger partial charge >= 0.3 is 0 Å². The van der Waals surface area contributed by atoms with Crippen LogP contribution in [0, 0.1) is 0 Å². The summed E-state index contributed by atoms with van der Waals surface area (Å²) in [6, 6.07) is 14.1. The number of ether oxygens (including phenoxy) is 1. The number of rotatable bonds is 5. The maximum atomic E-state index is 13.2. The summed E-state index contributed by atoms with van der Waals surface area (Å²) < 4.78 is 5.44. The molecule has 2 fully saturated rings. The van der Waals surface area contributed by atoms with Gasteiger partial charge in [-0.3, -0.25) is 14.7 Å². The summed E-state index contributed by atoms with van der Waals surface area (Å²) in [6.45, 7) is 6.57.